The SMILES string of the molecule is COC(=O)c1cc(Cl)ccc1-c1ccc2c(c1)C1(CCCCC1)C1=CC=CCC12C. The summed E-state index contributed by atoms with van der Waals surface area (Å²) in [7, 11) is 1.41. The molecule has 0 bridgehead atoms. The molecule has 1 unspecified atom stereocenters. The molecule has 1 saturated carbocycles. The Morgan fingerprint density at radius 1 is 1.03 bits per heavy atom. The van der Waals surface area contributed by atoms with Crippen molar-refractivity contribution in [3.05, 3.63) is 81.9 Å². The molecule has 0 radical (unpaired) electrons. The third kappa shape index (κ3) is 2.73. The topological polar surface area (TPSA) is 26.3 Å². The second kappa shape index (κ2) is 7.13. The highest BCUT2D eigenvalue weighted by Crippen LogP contribution is 2.62. The van der Waals surface area contributed by atoms with Gasteiger partial charge < -0.3 is 4.74 Å². The van der Waals surface area contributed by atoms with Crippen LogP contribution in [0.1, 0.15) is 66.9 Å². The van der Waals surface area contributed by atoms with Gasteiger partial charge in [0.25, 0.3) is 0 Å². The van der Waals surface area contributed by atoms with Crippen molar-refractivity contribution in [3.8, 4) is 11.1 Å². The molecule has 0 N–H and O–H groups in total. The van der Waals surface area contributed by atoms with Crippen LogP contribution in [0.2, 0.25) is 5.02 Å². The van der Waals surface area contributed by atoms with Gasteiger partial charge in [0.2, 0.25) is 0 Å². The van der Waals surface area contributed by atoms with Crippen LogP contribution in [-0.2, 0) is 15.6 Å². The average molecular weight is 419 g/mol. The number of hydrogen-bond donors (Lipinski definition) is 0. The number of carbonyl (C=O) groups is 1. The predicted molar refractivity (Wildman–Crippen MR) is 122 cm³/mol. The molecule has 3 aliphatic rings. The van der Waals surface area contributed by atoms with Crippen LogP contribution in [-0.4, -0.2) is 13.1 Å². The molecule has 1 atom stereocenters. The highest BCUT2D eigenvalue weighted by Gasteiger charge is 2.53. The Kier molecular flexibility index (Phi) is 4.67. The molecule has 0 aromatic heterocycles. The second-order valence-electron chi connectivity index (χ2n) is 9.13. The van der Waals surface area contributed by atoms with E-state index in [1.807, 2.05) is 12.1 Å². The van der Waals surface area contributed by atoms with E-state index in [-0.39, 0.29) is 16.8 Å². The molecule has 3 aliphatic carbocycles. The largest absolute Gasteiger partial charge is 0.465 e. The summed E-state index contributed by atoms with van der Waals surface area (Å²) in [4.78, 5) is 12.4. The highest BCUT2D eigenvalue weighted by atomic mass is 35.5. The fourth-order valence-electron chi connectivity index (χ4n) is 6.18. The van der Waals surface area contributed by atoms with Crippen LogP contribution in [0.15, 0.2) is 60.2 Å². The Morgan fingerprint density at radius 3 is 2.60 bits per heavy atom. The molecule has 30 heavy (non-hydrogen) atoms. The van der Waals surface area contributed by atoms with Crippen LogP contribution in [0.5, 0.6) is 0 Å². The second-order valence-corrected chi connectivity index (χ2v) is 9.57. The number of hydrogen-bond acceptors (Lipinski definition) is 2. The smallest absolute Gasteiger partial charge is 0.338 e. The number of fused-ring (bicyclic) bond motifs is 5. The van der Waals surface area contributed by atoms with Gasteiger partial charge in [-0.25, -0.2) is 4.79 Å². The number of esters is 1. The maximum absolute atomic E-state index is 12.4. The summed E-state index contributed by atoms with van der Waals surface area (Å²) < 4.78 is 5.03. The van der Waals surface area contributed by atoms with E-state index in [2.05, 4.69) is 43.4 Å². The molecule has 0 heterocycles. The van der Waals surface area contributed by atoms with Crippen molar-refractivity contribution in [2.24, 2.45) is 0 Å². The van der Waals surface area contributed by atoms with E-state index in [4.69, 9.17) is 16.3 Å². The van der Waals surface area contributed by atoms with E-state index >= 15 is 0 Å². The van der Waals surface area contributed by atoms with Gasteiger partial charge in [-0.1, -0.05) is 74.2 Å². The van der Waals surface area contributed by atoms with Gasteiger partial charge in [-0.05, 0) is 65.3 Å². The van der Waals surface area contributed by atoms with Gasteiger partial charge in [0.05, 0.1) is 12.7 Å². The van der Waals surface area contributed by atoms with Gasteiger partial charge in [0.1, 0.15) is 0 Å². The lowest BCUT2D eigenvalue weighted by atomic mass is 9.63. The molecule has 2 aromatic rings. The zero-order valence-corrected chi connectivity index (χ0v) is 18.4. The summed E-state index contributed by atoms with van der Waals surface area (Å²) in [5.41, 5.74) is 7.17. The third-order valence-corrected chi connectivity index (χ3v) is 7.80. The van der Waals surface area contributed by atoms with Gasteiger partial charge >= 0.3 is 5.97 Å². The first-order valence-electron chi connectivity index (χ1n) is 10.9. The minimum Gasteiger partial charge on any atom is -0.465 e. The lowest BCUT2D eigenvalue weighted by molar-refractivity contribution is 0.0601. The molecule has 0 saturated heterocycles. The van der Waals surface area contributed by atoms with Crippen molar-refractivity contribution in [3.63, 3.8) is 0 Å². The molecular formula is C27H27ClO2. The zero-order valence-electron chi connectivity index (χ0n) is 17.6. The number of allylic oxidation sites excluding steroid dienone is 4. The van der Waals surface area contributed by atoms with E-state index < -0.39 is 0 Å². The lowest BCUT2D eigenvalue weighted by Crippen LogP contribution is -2.33. The third-order valence-electron chi connectivity index (χ3n) is 7.57. The predicted octanol–water partition coefficient (Wildman–Crippen LogP) is 7.15. The standard InChI is InChI=1S/C27H27ClO2/c1-26-13-7-4-8-24(26)27(14-5-3-6-15-27)23-16-18(9-12-22(23)26)20-11-10-19(28)17-21(20)25(29)30-2/h4,7-12,16-17H,3,5-6,13-15H2,1-2H3. The van der Waals surface area contributed by atoms with Crippen LogP contribution >= 0.6 is 11.6 Å². The van der Waals surface area contributed by atoms with Crippen molar-refractivity contribution in [1.82, 2.24) is 0 Å². The van der Waals surface area contributed by atoms with Gasteiger partial charge in [-0.2, -0.15) is 0 Å². The van der Waals surface area contributed by atoms with Crippen LogP contribution in [0.25, 0.3) is 11.1 Å². The van der Waals surface area contributed by atoms with Gasteiger partial charge in [-0.3, -0.25) is 0 Å². The Hall–Kier alpha value is -2.32. The van der Waals surface area contributed by atoms with E-state index in [9.17, 15) is 4.79 Å². The first-order valence-corrected chi connectivity index (χ1v) is 11.3. The maximum atomic E-state index is 12.4. The summed E-state index contributed by atoms with van der Waals surface area (Å²) in [6.07, 6.45) is 14.3. The maximum Gasteiger partial charge on any atom is 0.338 e. The van der Waals surface area contributed by atoms with Crippen LogP contribution in [0, 0.1) is 0 Å². The van der Waals surface area contributed by atoms with Crippen molar-refractivity contribution < 1.29 is 9.53 Å². The molecular weight excluding hydrogens is 392 g/mol. The molecule has 2 aromatic carbocycles. The number of carbonyl (C=O) groups excluding carboxylic acids is 1. The molecule has 0 aliphatic heterocycles. The number of ether oxygens (including phenoxy) is 1. The first kappa shape index (κ1) is 19.6. The molecule has 0 amide bonds. The van der Waals surface area contributed by atoms with Crippen molar-refractivity contribution >= 4 is 17.6 Å². The first-order chi connectivity index (χ1) is 14.5. The normalized spacial score (nSPS) is 23.6. The lowest BCUT2D eigenvalue weighted by Gasteiger charge is -2.40. The molecule has 2 nitrogen and oxygen atoms in total. The Morgan fingerprint density at radius 2 is 1.83 bits per heavy atom. The molecule has 1 spiro atoms. The summed E-state index contributed by atoms with van der Waals surface area (Å²) in [6.45, 7) is 2.41. The van der Waals surface area contributed by atoms with Crippen molar-refractivity contribution in [2.45, 2.75) is 56.3 Å². The fourth-order valence-corrected chi connectivity index (χ4v) is 6.35. The summed E-state index contributed by atoms with van der Waals surface area (Å²) in [6, 6.07) is 12.3. The number of methoxy groups -OCH3 is 1. The monoisotopic (exact) mass is 418 g/mol. The minimum absolute atomic E-state index is 0.0745. The fraction of sp³-hybridized carbons (Fsp3) is 0.370. The van der Waals surface area contributed by atoms with E-state index in [0.29, 0.717) is 10.6 Å². The Balaban J connectivity index is 1.72. The average Bonchev–Trinajstić information content (AvgIpc) is 2.98. The number of benzene rings is 2. The summed E-state index contributed by atoms with van der Waals surface area (Å²) >= 11 is 6.19. The van der Waals surface area contributed by atoms with Gasteiger partial charge in [-0.15, -0.1) is 0 Å². The summed E-state index contributed by atoms with van der Waals surface area (Å²) in [5.74, 6) is -0.354. The quantitative estimate of drug-likeness (QED) is 0.484. The Labute approximate surface area is 183 Å². The minimum atomic E-state index is -0.354. The van der Waals surface area contributed by atoms with Crippen LogP contribution in [0.4, 0.5) is 0 Å². The molecule has 3 heteroatoms. The Bertz CT molecular complexity index is 1090. The van der Waals surface area contributed by atoms with Crippen molar-refractivity contribution in [2.75, 3.05) is 7.11 Å². The summed E-state index contributed by atoms with van der Waals surface area (Å²) in [5, 5.41) is 0.541. The van der Waals surface area contributed by atoms with Crippen molar-refractivity contribution in [1.29, 1.82) is 0 Å². The number of rotatable bonds is 2. The van der Waals surface area contributed by atoms with Crippen LogP contribution < -0.4 is 0 Å². The number of halogens is 1. The highest BCUT2D eigenvalue weighted by molar-refractivity contribution is 6.31. The molecule has 154 valence electrons. The molecule has 5 rings (SSSR count). The van der Waals surface area contributed by atoms with E-state index in [1.54, 1.807) is 11.6 Å². The van der Waals surface area contributed by atoms with Gasteiger partial charge in [0, 0.05) is 15.9 Å². The van der Waals surface area contributed by atoms with Crippen LogP contribution in [0.3, 0.4) is 0 Å². The van der Waals surface area contributed by atoms with E-state index in [1.165, 1.54) is 50.3 Å². The van der Waals surface area contributed by atoms with E-state index in [0.717, 1.165) is 17.5 Å². The zero-order chi connectivity index (χ0) is 20.9. The van der Waals surface area contributed by atoms with Gasteiger partial charge in [0.15, 0.2) is 0 Å². The molecule has 1 fully saturated rings.